The van der Waals surface area contributed by atoms with Gasteiger partial charge in [0.25, 0.3) is 0 Å². The highest BCUT2D eigenvalue weighted by atomic mass is 32.2. The van der Waals surface area contributed by atoms with Gasteiger partial charge in [0.2, 0.25) is 0 Å². The van der Waals surface area contributed by atoms with Gasteiger partial charge in [0.1, 0.15) is 10.6 Å². The summed E-state index contributed by atoms with van der Waals surface area (Å²) in [6, 6.07) is 0.937. The minimum absolute atomic E-state index is 0.468. The second kappa shape index (κ2) is 4.28. The molecule has 2 fully saturated rings. The topological polar surface area (TPSA) is 44.6 Å². The van der Waals surface area contributed by atoms with E-state index in [9.17, 15) is 5.11 Å². The Kier molecular flexibility index (Phi) is 3.19. The molecule has 0 aromatic heterocycles. The molecule has 0 aliphatic carbocycles. The van der Waals surface area contributed by atoms with Gasteiger partial charge in [-0.1, -0.05) is 18.3 Å². The highest BCUT2D eigenvalue weighted by Crippen LogP contribution is 2.37. The van der Waals surface area contributed by atoms with Gasteiger partial charge in [0.05, 0.1) is 0 Å². The minimum Gasteiger partial charge on any atom is -0.383 e. The average molecular weight is 226 g/mol. The van der Waals surface area contributed by atoms with Gasteiger partial charge in [-0.25, -0.2) is 0 Å². The molecule has 0 aromatic carbocycles. The Balaban J connectivity index is 2.15. The SMILES string of the molecule is C=CSC(=NC)C1(O)CC2CCC(C1)N2. The Hall–Kier alpha value is -0.320. The molecular weight excluding hydrogens is 208 g/mol. The molecule has 3 nitrogen and oxygen atoms in total. The Bertz CT molecular complexity index is 278. The van der Waals surface area contributed by atoms with Crippen molar-refractivity contribution in [3.05, 3.63) is 12.0 Å². The number of thioether (sulfide) groups is 1. The van der Waals surface area contributed by atoms with Crippen LogP contribution in [-0.2, 0) is 0 Å². The van der Waals surface area contributed by atoms with Crippen LogP contribution < -0.4 is 5.32 Å². The maximum Gasteiger partial charge on any atom is 0.115 e. The number of aliphatic hydroxyl groups is 1. The lowest BCUT2D eigenvalue weighted by Crippen LogP contribution is -2.52. The van der Waals surface area contributed by atoms with Crippen molar-refractivity contribution < 1.29 is 5.11 Å². The van der Waals surface area contributed by atoms with E-state index in [1.54, 1.807) is 12.5 Å². The third-order valence-corrected chi connectivity index (χ3v) is 4.25. The molecule has 0 spiro atoms. The first-order valence-electron chi connectivity index (χ1n) is 5.41. The van der Waals surface area contributed by atoms with E-state index >= 15 is 0 Å². The summed E-state index contributed by atoms with van der Waals surface area (Å²) < 4.78 is 0. The number of fused-ring (bicyclic) bond motifs is 2. The van der Waals surface area contributed by atoms with Gasteiger partial charge >= 0.3 is 0 Å². The number of aliphatic imine (C=N–C) groups is 1. The summed E-state index contributed by atoms with van der Waals surface area (Å²) in [4.78, 5) is 4.20. The largest absolute Gasteiger partial charge is 0.383 e. The summed E-state index contributed by atoms with van der Waals surface area (Å²) in [6.45, 7) is 3.68. The Labute approximate surface area is 95.0 Å². The predicted molar refractivity (Wildman–Crippen MR) is 65.3 cm³/mol. The van der Waals surface area contributed by atoms with Crippen molar-refractivity contribution in [2.75, 3.05) is 7.05 Å². The summed E-state index contributed by atoms with van der Waals surface area (Å²) in [5, 5.41) is 16.7. The van der Waals surface area contributed by atoms with Crippen LogP contribution >= 0.6 is 11.8 Å². The van der Waals surface area contributed by atoms with Crippen molar-refractivity contribution in [3.63, 3.8) is 0 Å². The number of nitrogens with zero attached hydrogens (tertiary/aromatic N) is 1. The maximum absolute atomic E-state index is 10.6. The first kappa shape index (κ1) is 11.2. The highest BCUT2D eigenvalue weighted by molar-refractivity contribution is 8.16. The molecule has 84 valence electrons. The second-order valence-electron chi connectivity index (χ2n) is 4.39. The van der Waals surface area contributed by atoms with E-state index in [0.717, 1.165) is 17.9 Å². The maximum atomic E-state index is 10.6. The number of hydrogen-bond acceptors (Lipinski definition) is 4. The van der Waals surface area contributed by atoms with Gasteiger partial charge < -0.3 is 10.4 Å². The molecule has 0 aromatic rings. The standard InChI is InChI=1S/C11H18N2OS/c1-3-15-10(12-2)11(14)6-8-4-5-9(7-11)13-8/h3,8-9,13-14H,1,4-7H2,2H3. The van der Waals surface area contributed by atoms with Gasteiger partial charge in [-0.2, -0.15) is 0 Å². The van der Waals surface area contributed by atoms with E-state index in [-0.39, 0.29) is 0 Å². The highest BCUT2D eigenvalue weighted by Gasteiger charge is 2.45. The lowest BCUT2D eigenvalue weighted by atomic mass is 9.88. The average Bonchev–Trinajstić information content (AvgIpc) is 2.55. The van der Waals surface area contributed by atoms with Gasteiger partial charge in [0.15, 0.2) is 0 Å². The van der Waals surface area contributed by atoms with Crippen LogP contribution in [0.25, 0.3) is 0 Å². The van der Waals surface area contributed by atoms with Crippen molar-refractivity contribution in [2.45, 2.75) is 43.4 Å². The van der Waals surface area contributed by atoms with E-state index < -0.39 is 5.60 Å². The van der Waals surface area contributed by atoms with Gasteiger partial charge in [-0.3, -0.25) is 4.99 Å². The summed E-state index contributed by atoms with van der Waals surface area (Å²) in [6.07, 6.45) is 3.94. The van der Waals surface area contributed by atoms with Crippen LogP contribution in [-0.4, -0.2) is 34.9 Å². The summed E-state index contributed by atoms with van der Waals surface area (Å²) >= 11 is 1.45. The first-order valence-corrected chi connectivity index (χ1v) is 6.29. The fraction of sp³-hybridized carbons (Fsp3) is 0.727. The molecule has 0 radical (unpaired) electrons. The monoisotopic (exact) mass is 226 g/mol. The van der Waals surface area contributed by atoms with Crippen LogP contribution in [0, 0.1) is 0 Å². The van der Waals surface area contributed by atoms with Gasteiger partial charge in [-0.05, 0) is 31.1 Å². The second-order valence-corrected chi connectivity index (χ2v) is 5.35. The van der Waals surface area contributed by atoms with Crippen molar-refractivity contribution in [1.29, 1.82) is 0 Å². The quantitative estimate of drug-likeness (QED) is 0.554. The van der Waals surface area contributed by atoms with Crippen molar-refractivity contribution in [3.8, 4) is 0 Å². The zero-order chi connectivity index (χ0) is 10.9. The fourth-order valence-electron chi connectivity index (χ4n) is 2.75. The fourth-order valence-corrected chi connectivity index (χ4v) is 3.40. The Morgan fingerprint density at radius 1 is 1.53 bits per heavy atom. The zero-order valence-corrected chi connectivity index (χ0v) is 9.89. The van der Waals surface area contributed by atoms with E-state index in [0.29, 0.717) is 12.1 Å². The molecule has 0 amide bonds. The van der Waals surface area contributed by atoms with E-state index in [4.69, 9.17) is 0 Å². The van der Waals surface area contributed by atoms with Crippen LogP contribution in [0.5, 0.6) is 0 Å². The molecule has 2 heterocycles. The van der Waals surface area contributed by atoms with Crippen molar-refractivity contribution >= 4 is 16.8 Å². The number of piperidine rings is 1. The first-order chi connectivity index (χ1) is 7.18. The van der Waals surface area contributed by atoms with Gasteiger partial charge in [0, 0.05) is 19.1 Å². The smallest absolute Gasteiger partial charge is 0.115 e. The molecule has 0 saturated carbocycles. The minimum atomic E-state index is -0.718. The molecule has 2 saturated heterocycles. The van der Waals surface area contributed by atoms with Crippen LogP contribution in [0.15, 0.2) is 17.0 Å². The van der Waals surface area contributed by atoms with E-state index in [1.807, 2.05) is 0 Å². The van der Waals surface area contributed by atoms with Crippen molar-refractivity contribution in [1.82, 2.24) is 5.32 Å². The molecule has 2 unspecified atom stereocenters. The number of nitrogens with one attached hydrogen (secondary N) is 1. The van der Waals surface area contributed by atoms with E-state index in [2.05, 4.69) is 16.9 Å². The molecule has 2 rings (SSSR count). The van der Waals surface area contributed by atoms with Gasteiger partial charge in [-0.15, -0.1) is 0 Å². The van der Waals surface area contributed by atoms with Crippen LogP contribution in [0.1, 0.15) is 25.7 Å². The predicted octanol–water partition coefficient (Wildman–Crippen LogP) is 1.54. The molecule has 4 heteroatoms. The Morgan fingerprint density at radius 3 is 2.60 bits per heavy atom. The lowest BCUT2D eigenvalue weighted by Gasteiger charge is -2.37. The molecule has 2 N–H and O–H groups in total. The Morgan fingerprint density at radius 2 is 2.13 bits per heavy atom. The molecule has 15 heavy (non-hydrogen) atoms. The van der Waals surface area contributed by atoms with Crippen LogP contribution in [0.2, 0.25) is 0 Å². The number of rotatable bonds is 2. The van der Waals surface area contributed by atoms with E-state index in [1.165, 1.54) is 24.6 Å². The summed E-state index contributed by atoms with van der Waals surface area (Å²) in [5.74, 6) is 0. The number of hydrogen-bond donors (Lipinski definition) is 2. The van der Waals surface area contributed by atoms with Crippen LogP contribution in [0.3, 0.4) is 0 Å². The zero-order valence-electron chi connectivity index (χ0n) is 9.07. The molecular formula is C11H18N2OS. The molecule has 2 atom stereocenters. The molecule has 2 aliphatic rings. The third-order valence-electron chi connectivity index (χ3n) is 3.30. The molecule has 2 aliphatic heterocycles. The summed E-state index contributed by atoms with van der Waals surface area (Å²) in [7, 11) is 1.74. The third kappa shape index (κ3) is 2.12. The van der Waals surface area contributed by atoms with Crippen LogP contribution in [0.4, 0.5) is 0 Å². The molecule has 2 bridgehead atoms. The summed E-state index contributed by atoms with van der Waals surface area (Å²) in [5.41, 5.74) is -0.718. The van der Waals surface area contributed by atoms with Crippen molar-refractivity contribution in [2.24, 2.45) is 4.99 Å². The lowest BCUT2D eigenvalue weighted by molar-refractivity contribution is 0.0605. The normalized spacial score (nSPS) is 40.5.